The molecule has 3 aromatic rings. The quantitative estimate of drug-likeness (QED) is 0.396. The first-order valence-corrected chi connectivity index (χ1v) is 14.5. The summed E-state index contributed by atoms with van der Waals surface area (Å²) in [7, 11) is 0. The van der Waals surface area contributed by atoms with Gasteiger partial charge in [-0.2, -0.15) is 0 Å². The zero-order chi connectivity index (χ0) is 26.4. The first-order valence-electron chi connectivity index (χ1n) is 12.2. The largest absolute Gasteiger partial charge is 0.598 e. The predicted octanol–water partition coefficient (Wildman–Crippen LogP) is 3.75. The Morgan fingerprint density at radius 1 is 1.14 bits per heavy atom. The Balaban J connectivity index is 1.34. The summed E-state index contributed by atoms with van der Waals surface area (Å²) >= 11 is 6.42. The fraction of sp³-hybridized carbons (Fsp3) is 0.440. The van der Waals surface area contributed by atoms with Crippen molar-refractivity contribution < 1.29 is 4.55 Å². The molecular weight excluding hydrogens is 528 g/mol. The van der Waals surface area contributed by atoms with Crippen molar-refractivity contribution in [2.45, 2.75) is 66.2 Å². The molecule has 2 atom stereocenters. The van der Waals surface area contributed by atoms with Crippen LogP contribution in [0.25, 0.3) is 0 Å². The number of hydrogen-bond acceptors (Lipinski definition) is 10. The molecule has 1 aliphatic heterocycles. The highest BCUT2D eigenvalue weighted by molar-refractivity contribution is 7.99. The zero-order valence-electron chi connectivity index (χ0n) is 21.1. The number of anilines is 3. The van der Waals surface area contributed by atoms with E-state index in [4.69, 9.17) is 28.1 Å². The molecule has 1 spiro atoms. The molecule has 5 N–H and O–H groups in total. The number of aromatic nitrogens is 4. The number of fused-ring (bicyclic) bond motifs is 2. The van der Waals surface area contributed by atoms with Gasteiger partial charge in [-0.3, -0.25) is 4.98 Å². The number of rotatable bonds is 5. The summed E-state index contributed by atoms with van der Waals surface area (Å²) in [4.78, 5) is 20.9. The molecular formula is C25H31ClN8OS2. The highest BCUT2D eigenvalue weighted by Gasteiger charge is 2.52. The van der Waals surface area contributed by atoms with E-state index >= 15 is 0 Å². The molecule has 0 saturated carbocycles. The molecule has 37 heavy (non-hydrogen) atoms. The van der Waals surface area contributed by atoms with Crippen LogP contribution in [-0.2, 0) is 23.2 Å². The first-order chi connectivity index (χ1) is 17.6. The van der Waals surface area contributed by atoms with Crippen LogP contribution in [0.3, 0.4) is 0 Å². The maximum atomic E-state index is 13.0. The van der Waals surface area contributed by atoms with E-state index < -0.39 is 11.4 Å². The van der Waals surface area contributed by atoms with E-state index in [1.807, 2.05) is 33.0 Å². The molecule has 2 aliphatic rings. The van der Waals surface area contributed by atoms with Gasteiger partial charge in [0.15, 0.2) is 5.82 Å². The van der Waals surface area contributed by atoms with E-state index in [0.29, 0.717) is 15.9 Å². The van der Waals surface area contributed by atoms with Gasteiger partial charge in [0.1, 0.15) is 21.4 Å². The van der Waals surface area contributed by atoms with E-state index in [0.717, 1.165) is 48.8 Å². The third-order valence-electron chi connectivity index (χ3n) is 7.08. The standard InChI is InChI=1S/C25H31ClN8OS2/c1-24(2,3)37(35)33-17-13-15-5-4-9-29-20(15)25(17)7-11-34(12-8-25)18-14-31-23(22(28)32-18)36-16-6-10-30-21(27)19(16)26/h4-6,9-10,14,17,33H,7-8,11-13H2,1-3H3,(H2,27,30)(H2,28,32). The van der Waals surface area contributed by atoms with Gasteiger partial charge in [0.2, 0.25) is 0 Å². The number of nitrogens with two attached hydrogens (primary N) is 2. The molecule has 0 bridgehead atoms. The SMILES string of the molecule is CC(C)(C)[S+]([O-])NC1Cc2cccnc2C12CCN(c1cnc(Sc3ccnc(N)c3Cl)c(N)n1)CC2. The van der Waals surface area contributed by atoms with Crippen molar-refractivity contribution in [2.24, 2.45) is 0 Å². The molecule has 9 nitrogen and oxygen atoms in total. The molecule has 1 aliphatic carbocycles. The number of pyridine rings is 2. The summed E-state index contributed by atoms with van der Waals surface area (Å²) < 4.78 is 16.2. The molecule has 0 radical (unpaired) electrons. The van der Waals surface area contributed by atoms with Crippen LogP contribution in [0.1, 0.15) is 44.9 Å². The van der Waals surface area contributed by atoms with E-state index in [2.05, 4.69) is 30.6 Å². The van der Waals surface area contributed by atoms with E-state index in [1.54, 1.807) is 18.5 Å². The summed E-state index contributed by atoms with van der Waals surface area (Å²) in [6.07, 6.45) is 7.76. The number of piperidine rings is 1. The van der Waals surface area contributed by atoms with Crippen molar-refractivity contribution in [3.8, 4) is 0 Å². The van der Waals surface area contributed by atoms with Gasteiger partial charge in [-0.05, 0) is 57.7 Å². The summed E-state index contributed by atoms with van der Waals surface area (Å²) in [5, 5.41) is 0.938. The van der Waals surface area contributed by atoms with Gasteiger partial charge in [-0.1, -0.05) is 29.4 Å². The Morgan fingerprint density at radius 2 is 1.89 bits per heavy atom. The Bertz CT molecular complexity index is 1300. The fourth-order valence-corrected chi connectivity index (χ4v) is 6.99. The summed E-state index contributed by atoms with van der Waals surface area (Å²) in [5.41, 5.74) is 14.3. The van der Waals surface area contributed by atoms with E-state index in [-0.39, 0.29) is 22.0 Å². The minimum absolute atomic E-state index is 0.0621. The molecule has 196 valence electrons. The Morgan fingerprint density at radius 3 is 2.59 bits per heavy atom. The maximum Gasteiger partial charge on any atom is 0.158 e. The number of nitrogens with zero attached hydrogens (tertiary/aromatic N) is 5. The Hall–Kier alpha value is -2.31. The summed E-state index contributed by atoms with van der Waals surface area (Å²) in [5.74, 6) is 1.33. The van der Waals surface area contributed by atoms with Crippen LogP contribution in [0.4, 0.5) is 17.5 Å². The average molecular weight is 559 g/mol. The van der Waals surface area contributed by atoms with E-state index in [9.17, 15) is 4.55 Å². The number of nitrogen functional groups attached to an aromatic ring is 2. The Kier molecular flexibility index (Phi) is 7.18. The van der Waals surface area contributed by atoms with Crippen LogP contribution in [0.5, 0.6) is 0 Å². The van der Waals surface area contributed by atoms with Crippen molar-refractivity contribution in [3.05, 3.63) is 53.1 Å². The lowest BCUT2D eigenvalue weighted by Gasteiger charge is -2.43. The van der Waals surface area contributed by atoms with Crippen LogP contribution in [0.2, 0.25) is 5.02 Å². The third-order valence-corrected chi connectivity index (χ3v) is 10.3. The van der Waals surface area contributed by atoms with Crippen LogP contribution in [0.15, 0.2) is 46.7 Å². The molecule has 2 unspecified atom stereocenters. The number of nitrogens with one attached hydrogen (secondary N) is 1. The Labute approximate surface area is 229 Å². The first kappa shape index (κ1) is 26.3. The lowest BCUT2D eigenvalue weighted by molar-refractivity contribution is 0.270. The van der Waals surface area contributed by atoms with Gasteiger partial charge in [0.25, 0.3) is 0 Å². The van der Waals surface area contributed by atoms with Crippen LogP contribution in [0, 0.1) is 0 Å². The zero-order valence-corrected chi connectivity index (χ0v) is 23.5. The molecule has 1 saturated heterocycles. The van der Waals surface area contributed by atoms with Crippen molar-refractivity contribution in [1.29, 1.82) is 0 Å². The topological polar surface area (TPSA) is 142 Å². The van der Waals surface area contributed by atoms with Crippen LogP contribution in [-0.4, -0.2) is 48.4 Å². The second kappa shape index (κ2) is 10.1. The average Bonchev–Trinajstić information content (AvgIpc) is 3.15. The maximum absolute atomic E-state index is 13.0. The minimum atomic E-state index is -1.17. The van der Waals surface area contributed by atoms with Crippen molar-refractivity contribution in [1.82, 2.24) is 24.7 Å². The second-order valence-electron chi connectivity index (χ2n) is 10.4. The number of halogens is 1. The van der Waals surface area contributed by atoms with Gasteiger partial charge in [-0.15, -0.1) is 4.72 Å². The second-order valence-corrected chi connectivity index (χ2v) is 13.8. The number of hydrogen-bond donors (Lipinski definition) is 3. The van der Waals surface area contributed by atoms with Gasteiger partial charge in [0.05, 0.1) is 23.0 Å². The minimum Gasteiger partial charge on any atom is -0.598 e. The molecule has 0 aromatic carbocycles. The normalized spacial score (nSPS) is 19.7. The molecule has 4 heterocycles. The molecule has 1 fully saturated rings. The van der Waals surface area contributed by atoms with Crippen LogP contribution < -0.4 is 21.1 Å². The monoisotopic (exact) mass is 558 g/mol. The van der Waals surface area contributed by atoms with Gasteiger partial charge in [-0.25, -0.2) is 15.0 Å². The highest BCUT2D eigenvalue weighted by atomic mass is 35.5. The smallest absolute Gasteiger partial charge is 0.158 e. The van der Waals surface area contributed by atoms with Gasteiger partial charge >= 0.3 is 0 Å². The molecule has 12 heteroatoms. The summed E-state index contributed by atoms with van der Waals surface area (Å²) in [6, 6.07) is 5.96. The highest BCUT2D eigenvalue weighted by Crippen LogP contribution is 2.46. The van der Waals surface area contributed by atoms with E-state index in [1.165, 1.54) is 17.3 Å². The van der Waals surface area contributed by atoms with Crippen molar-refractivity contribution in [2.75, 3.05) is 29.5 Å². The van der Waals surface area contributed by atoms with Crippen LogP contribution >= 0.6 is 23.4 Å². The lowest BCUT2D eigenvalue weighted by Crippen LogP contribution is -2.56. The third kappa shape index (κ3) is 5.07. The predicted molar refractivity (Wildman–Crippen MR) is 150 cm³/mol. The molecule has 5 rings (SSSR count). The molecule has 3 aromatic heterocycles. The fourth-order valence-electron chi connectivity index (χ4n) is 5.05. The van der Waals surface area contributed by atoms with Crippen molar-refractivity contribution >= 4 is 52.2 Å². The summed E-state index contributed by atoms with van der Waals surface area (Å²) in [6.45, 7) is 7.52. The van der Waals surface area contributed by atoms with Crippen molar-refractivity contribution in [3.63, 3.8) is 0 Å². The lowest BCUT2D eigenvalue weighted by atomic mass is 9.73. The van der Waals surface area contributed by atoms with Gasteiger partial charge in [0, 0.05) is 47.2 Å². The van der Waals surface area contributed by atoms with Gasteiger partial charge < -0.3 is 20.9 Å². The molecule has 0 amide bonds.